The van der Waals surface area contributed by atoms with Crippen LogP contribution in [0.5, 0.6) is 0 Å². The third-order valence-electron chi connectivity index (χ3n) is 4.36. The second-order valence-electron chi connectivity index (χ2n) is 5.73. The van der Waals surface area contributed by atoms with Crippen molar-refractivity contribution in [2.45, 2.75) is 38.8 Å². The molecule has 0 bridgehead atoms. The van der Waals surface area contributed by atoms with Gasteiger partial charge in [0.15, 0.2) is 5.65 Å². The fraction of sp³-hybridized carbons (Fsp3) is 0.600. The summed E-state index contributed by atoms with van der Waals surface area (Å²) in [7, 11) is 0. The minimum atomic E-state index is 0.585. The molecule has 2 aromatic rings. The molecule has 1 fully saturated rings. The molecule has 0 aliphatic carbocycles. The number of rotatable bonds is 5. The summed E-state index contributed by atoms with van der Waals surface area (Å²) in [6, 6.07) is 2.68. The predicted octanol–water partition coefficient (Wildman–Crippen LogP) is 2.32. The number of imidazole rings is 1. The number of nitrogens with zero attached hydrogens (tertiary/aromatic N) is 4. The van der Waals surface area contributed by atoms with Crippen molar-refractivity contribution in [3.63, 3.8) is 0 Å². The normalized spacial score (nSPS) is 19.7. The van der Waals surface area contributed by atoms with Gasteiger partial charge in [0.05, 0.1) is 5.52 Å². The summed E-state index contributed by atoms with van der Waals surface area (Å²) < 4.78 is 3.26. The van der Waals surface area contributed by atoms with E-state index in [4.69, 9.17) is 5.73 Å². The van der Waals surface area contributed by atoms with Crippen LogP contribution in [0.2, 0.25) is 0 Å². The molecule has 1 aliphatic heterocycles. The molecule has 0 spiro atoms. The highest BCUT2D eigenvalue weighted by atomic mass is 79.9. The second kappa shape index (κ2) is 6.42. The van der Waals surface area contributed by atoms with Crippen LogP contribution >= 0.6 is 15.9 Å². The number of aryl methyl sites for hydroxylation is 2. The molecule has 0 saturated carbocycles. The van der Waals surface area contributed by atoms with Gasteiger partial charge in [0, 0.05) is 36.3 Å². The summed E-state index contributed by atoms with van der Waals surface area (Å²) >= 11 is 3.49. The quantitative estimate of drug-likeness (QED) is 0.897. The minimum Gasteiger partial charge on any atom is -0.329 e. The minimum absolute atomic E-state index is 0.585. The monoisotopic (exact) mass is 351 g/mol. The zero-order chi connectivity index (χ0) is 14.8. The lowest BCUT2D eigenvalue weighted by atomic mass is 10.2. The Morgan fingerprint density at radius 2 is 2.29 bits per heavy atom. The first-order valence-corrected chi connectivity index (χ1v) is 8.41. The van der Waals surface area contributed by atoms with E-state index in [1.165, 1.54) is 19.4 Å². The van der Waals surface area contributed by atoms with E-state index in [0.717, 1.165) is 47.5 Å². The molecule has 0 unspecified atom stereocenters. The Labute approximate surface area is 133 Å². The Balaban J connectivity index is 1.68. The fourth-order valence-corrected chi connectivity index (χ4v) is 3.58. The molecule has 114 valence electrons. The lowest BCUT2D eigenvalue weighted by molar-refractivity contribution is 0.251. The third-order valence-corrected chi connectivity index (χ3v) is 4.79. The predicted molar refractivity (Wildman–Crippen MR) is 88.2 cm³/mol. The van der Waals surface area contributed by atoms with Crippen molar-refractivity contribution in [3.05, 3.63) is 22.6 Å². The van der Waals surface area contributed by atoms with Crippen molar-refractivity contribution in [2.24, 2.45) is 5.73 Å². The van der Waals surface area contributed by atoms with Crippen LogP contribution in [0.25, 0.3) is 11.2 Å². The number of halogens is 1. The van der Waals surface area contributed by atoms with E-state index >= 15 is 0 Å². The van der Waals surface area contributed by atoms with Crippen LogP contribution in [-0.2, 0) is 6.54 Å². The summed E-state index contributed by atoms with van der Waals surface area (Å²) in [5.41, 5.74) is 7.78. The Bertz CT molecular complexity index is 624. The van der Waals surface area contributed by atoms with Crippen molar-refractivity contribution in [1.82, 2.24) is 19.4 Å². The van der Waals surface area contributed by atoms with Gasteiger partial charge in [-0.2, -0.15) is 0 Å². The largest absolute Gasteiger partial charge is 0.329 e. The molecule has 0 aromatic carbocycles. The molecule has 2 aromatic heterocycles. The Kier molecular flexibility index (Phi) is 4.57. The van der Waals surface area contributed by atoms with Crippen molar-refractivity contribution >= 4 is 27.1 Å². The van der Waals surface area contributed by atoms with Gasteiger partial charge < -0.3 is 10.3 Å². The first-order chi connectivity index (χ1) is 10.2. The molecule has 1 saturated heterocycles. The molecule has 1 aliphatic rings. The summed E-state index contributed by atoms with van der Waals surface area (Å²) in [6.07, 6.45) is 5.46. The summed E-state index contributed by atoms with van der Waals surface area (Å²) in [6.45, 7) is 6.12. The molecule has 3 rings (SSSR count). The van der Waals surface area contributed by atoms with Crippen LogP contribution < -0.4 is 5.73 Å². The molecule has 1 atom stereocenters. The van der Waals surface area contributed by atoms with Gasteiger partial charge in [-0.3, -0.25) is 4.90 Å². The average molecular weight is 352 g/mol. The zero-order valence-corrected chi connectivity index (χ0v) is 14.0. The first kappa shape index (κ1) is 14.9. The van der Waals surface area contributed by atoms with E-state index in [-0.39, 0.29) is 0 Å². The van der Waals surface area contributed by atoms with Crippen LogP contribution in [0.1, 0.15) is 25.1 Å². The number of pyridine rings is 1. The second-order valence-corrected chi connectivity index (χ2v) is 6.64. The molecule has 21 heavy (non-hydrogen) atoms. The third kappa shape index (κ3) is 3.12. The number of hydrogen-bond acceptors (Lipinski definition) is 4. The Morgan fingerprint density at radius 1 is 1.43 bits per heavy atom. The number of fused-ring (bicyclic) bond motifs is 1. The summed E-state index contributed by atoms with van der Waals surface area (Å²) in [5, 5.41) is 0. The molecule has 0 radical (unpaired) electrons. The van der Waals surface area contributed by atoms with Gasteiger partial charge in [-0.1, -0.05) is 0 Å². The number of nitrogens with two attached hydrogens (primary N) is 1. The van der Waals surface area contributed by atoms with Gasteiger partial charge in [0.1, 0.15) is 5.82 Å². The first-order valence-electron chi connectivity index (χ1n) is 7.61. The molecular formula is C15H22BrN5. The highest BCUT2D eigenvalue weighted by molar-refractivity contribution is 9.10. The Hall–Kier alpha value is -0.980. The number of aromatic nitrogens is 3. The van der Waals surface area contributed by atoms with Gasteiger partial charge in [-0.25, -0.2) is 9.97 Å². The Morgan fingerprint density at radius 3 is 3.10 bits per heavy atom. The zero-order valence-electron chi connectivity index (χ0n) is 12.4. The highest BCUT2D eigenvalue weighted by Crippen LogP contribution is 2.20. The number of likely N-dealkylation sites (tertiary alicyclic amines) is 1. The molecular weight excluding hydrogens is 330 g/mol. The lowest BCUT2D eigenvalue weighted by Crippen LogP contribution is -2.36. The highest BCUT2D eigenvalue weighted by Gasteiger charge is 2.22. The fourth-order valence-electron chi connectivity index (χ4n) is 3.26. The van der Waals surface area contributed by atoms with Gasteiger partial charge in [-0.05, 0) is 54.7 Å². The van der Waals surface area contributed by atoms with Crippen molar-refractivity contribution in [1.29, 1.82) is 0 Å². The topological polar surface area (TPSA) is 60.0 Å². The van der Waals surface area contributed by atoms with Gasteiger partial charge >= 0.3 is 0 Å². The van der Waals surface area contributed by atoms with Gasteiger partial charge in [0.25, 0.3) is 0 Å². The van der Waals surface area contributed by atoms with Gasteiger partial charge in [0.2, 0.25) is 0 Å². The van der Waals surface area contributed by atoms with E-state index in [9.17, 15) is 0 Å². The molecule has 2 N–H and O–H groups in total. The van der Waals surface area contributed by atoms with Crippen LogP contribution in [0.4, 0.5) is 0 Å². The van der Waals surface area contributed by atoms with E-state index < -0.39 is 0 Å². The van der Waals surface area contributed by atoms with Crippen LogP contribution in [0.15, 0.2) is 16.7 Å². The van der Waals surface area contributed by atoms with Crippen LogP contribution in [-0.4, -0.2) is 45.1 Å². The van der Waals surface area contributed by atoms with E-state index in [1.54, 1.807) is 6.20 Å². The number of hydrogen-bond donors (Lipinski definition) is 1. The van der Waals surface area contributed by atoms with E-state index in [1.807, 2.05) is 6.92 Å². The summed E-state index contributed by atoms with van der Waals surface area (Å²) in [5.74, 6) is 1.03. The maximum atomic E-state index is 5.84. The molecule has 3 heterocycles. The summed E-state index contributed by atoms with van der Waals surface area (Å²) in [4.78, 5) is 11.4. The van der Waals surface area contributed by atoms with Gasteiger partial charge in [-0.15, -0.1) is 0 Å². The molecule has 6 heteroatoms. The van der Waals surface area contributed by atoms with Crippen molar-refractivity contribution in [3.8, 4) is 0 Å². The SMILES string of the molecule is Cc1nc2ncc(Br)cc2n1CCCN1CCC[C@H]1CN. The average Bonchev–Trinajstić information content (AvgIpc) is 3.04. The van der Waals surface area contributed by atoms with Crippen molar-refractivity contribution in [2.75, 3.05) is 19.6 Å². The lowest BCUT2D eigenvalue weighted by Gasteiger charge is -2.23. The smallest absolute Gasteiger partial charge is 0.177 e. The van der Waals surface area contributed by atoms with E-state index in [0.29, 0.717) is 6.04 Å². The standard InChI is InChI=1S/C15H22BrN5/c1-11-19-15-14(8-12(16)10-18-15)21(11)7-3-6-20-5-2-4-13(20)9-17/h8,10,13H,2-7,9,17H2,1H3/t13-/m0/s1. The van der Waals surface area contributed by atoms with E-state index in [2.05, 4.69) is 41.4 Å². The maximum Gasteiger partial charge on any atom is 0.177 e. The maximum absolute atomic E-state index is 5.84. The molecule has 5 nitrogen and oxygen atoms in total. The molecule has 0 amide bonds. The van der Waals surface area contributed by atoms with Crippen LogP contribution in [0.3, 0.4) is 0 Å². The van der Waals surface area contributed by atoms with Crippen LogP contribution in [0, 0.1) is 6.92 Å². The van der Waals surface area contributed by atoms with Crippen molar-refractivity contribution < 1.29 is 0 Å².